The monoisotopic (exact) mass is 315 g/mol. The Labute approximate surface area is 133 Å². The van der Waals surface area contributed by atoms with Crippen LogP contribution in [0.1, 0.15) is 0 Å². The molecular weight excluding hydrogens is 298 g/mol. The molecule has 0 radical (unpaired) electrons. The Kier molecular flexibility index (Phi) is 4.20. The lowest BCUT2D eigenvalue weighted by atomic mass is 10.3. The van der Waals surface area contributed by atoms with Crippen LogP contribution in [0.3, 0.4) is 0 Å². The maximum atomic E-state index is 12.3. The number of nitrogens with one attached hydrogen (secondary N) is 1. The lowest BCUT2D eigenvalue weighted by molar-refractivity contribution is -0.122. The molecule has 6 heteroatoms. The van der Waals surface area contributed by atoms with Crippen molar-refractivity contribution >= 4 is 29.2 Å². The van der Waals surface area contributed by atoms with E-state index >= 15 is 0 Å². The van der Waals surface area contributed by atoms with E-state index in [1.165, 1.54) is 0 Å². The SMILES string of the molecule is CN(C)c1ccc(NC(=O)[C@H]2CSc3ccccc3O2)nc1. The summed E-state index contributed by atoms with van der Waals surface area (Å²) in [6, 6.07) is 11.4. The zero-order valence-corrected chi connectivity index (χ0v) is 13.3. The summed E-state index contributed by atoms with van der Waals surface area (Å²) in [5.74, 6) is 1.71. The molecule has 0 fully saturated rings. The average molecular weight is 315 g/mol. The highest BCUT2D eigenvalue weighted by atomic mass is 32.2. The van der Waals surface area contributed by atoms with Crippen LogP contribution in [0.2, 0.25) is 0 Å². The van der Waals surface area contributed by atoms with Crippen LogP contribution >= 0.6 is 11.8 Å². The van der Waals surface area contributed by atoms with Gasteiger partial charge >= 0.3 is 0 Å². The van der Waals surface area contributed by atoms with Crippen molar-refractivity contribution in [3.8, 4) is 5.75 Å². The van der Waals surface area contributed by atoms with Crippen LogP contribution in [-0.4, -0.2) is 36.8 Å². The first-order valence-corrected chi connectivity index (χ1v) is 7.95. The van der Waals surface area contributed by atoms with E-state index in [0.717, 1.165) is 16.3 Å². The fraction of sp³-hybridized carbons (Fsp3) is 0.250. The lowest BCUT2D eigenvalue weighted by Gasteiger charge is -2.24. The van der Waals surface area contributed by atoms with Crippen molar-refractivity contribution in [3.05, 3.63) is 42.6 Å². The maximum absolute atomic E-state index is 12.3. The van der Waals surface area contributed by atoms with E-state index in [-0.39, 0.29) is 5.91 Å². The van der Waals surface area contributed by atoms with Crippen LogP contribution in [-0.2, 0) is 4.79 Å². The van der Waals surface area contributed by atoms with Crippen molar-refractivity contribution < 1.29 is 9.53 Å². The predicted octanol–water partition coefficient (Wildman–Crippen LogP) is 2.64. The molecule has 1 aliphatic heterocycles. The molecule has 2 aromatic rings. The second-order valence-electron chi connectivity index (χ2n) is 5.15. The Hall–Kier alpha value is -2.21. The fourth-order valence-electron chi connectivity index (χ4n) is 2.08. The van der Waals surface area contributed by atoms with E-state index in [4.69, 9.17) is 4.74 Å². The minimum absolute atomic E-state index is 0.174. The number of hydrogen-bond donors (Lipinski definition) is 1. The number of para-hydroxylation sites is 1. The third-order valence-electron chi connectivity index (χ3n) is 3.32. The summed E-state index contributed by atoms with van der Waals surface area (Å²) >= 11 is 1.63. The van der Waals surface area contributed by atoms with E-state index in [2.05, 4.69) is 10.3 Å². The summed E-state index contributed by atoms with van der Waals surface area (Å²) in [4.78, 5) is 19.6. The highest BCUT2D eigenvalue weighted by Crippen LogP contribution is 2.35. The fourth-order valence-corrected chi connectivity index (χ4v) is 3.06. The van der Waals surface area contributed by atoms with Crippen LogP contribution in [0, 0.1) is 0 Å². The molecule has 22 heavy (non-hydrogen) atoms. The number of pyridine rings is 1. The number of hydrogen-bond acceptors (Lipinski definition) is 5. The van der Waals surface area contributed by atoms with E-state index < -0.39 is 6.10 Å². The summed E-state index contributed by atoms with van der Waals surface area (Å²) in [6.07, 6.45) is 1.22. The summed E-state index contributed by atoms with van der Waals surface area (Å²) in [5, 5.41) is 2.80. The zero-order valence-electron chi connectivity index (χ0n) is 12.4. The summed E-state index contributed by atoms with van der Waals surface area (Å²) in [6.45, 7) is 0. The van der Waals surface area contributed by atoms with Gasteiger partial charge < -0.3 is 15.0 Å². The lowest BCUT2D eigenvalue weighted by Crippen LogP contribution is -2.37. The number of benzene rings is 1. The number of carbonyl (C=O) groups excluding carboxylic acids is 1. The Morgan fingerprint density at radius 2 is 2.14 bits per heavy atom. The average Bonchev–Trinajstić information content (AvgIpc) is 2.55. The number of carbonyl (C=O) groups is 1. The van der Waals surface area contributed by atoms with Crippen LogP contribution in [0.25, 0.3) is 0 Å². The van der Waals surface area contributed by atoms with Gasteiger partial charge in [0.15, 0.2) is 6.10 Å². The number of fused-ring (bicyclic) bond motifs is 1. The van der Waals surface area contributed by atoms with Crippen molar-refractivity contribution in [1.29, 1.82) is 0 Å². The van der Waals surface area contributed by atoms with E-state index in [1.807, 2.05) is 49.3 Å². The molecule has 0 saturated heterocycles. The molecule has 0 bridgehead atoms. The van der Waals surface area contributed by atoms with E-state index in [0.29, 0.717) is 11.6 Å². The standard InChI is InChI=1S/C16H17N3O2S/c1-19(2)11-7-8-15(17-9-11)18-16(20)13-10-22-14-6-4-3-5-12(14)21-13/h3-9,13H,10H2,1-2H3,(H,17,18,20)/t13-/m1/s1. The largest absolute Gasteiger partial charge is 0.479 e. The summed E-state index contributed by atoms with van der Waals surface area (Å²) in [7, 11) is 3.89. The number of ether oxygens (including phenoxy) is 1. The summed E-state index contributed by atoms with van der Waals surface area (Å²) < 4.78 is 5.76. The van der Waals surface area contributed by atoms with Gasteiger partial charge in [-0.05, 0) is 24.3 Å². The molecule has 1 amide bonds. The van der Waals surface area contributed by atoms with Crippen molar-refractivity contribution in [1.82, 2.24) is 4.98 Å². The molecule has 0 spiro atoms. The Morgan fingerprint density at radius 1 is 1.32 bits per heavy atom. The molecule has 5 nitrogen and oxygen atoms in total. The summed E-state index contributed by atoms with van der Waals surface area (Å²) in [5.41, 5.74) is 0.983. The molecule has 1 aliphatic rings. The van der Waals surface area contributed by atoms with Gasteiger partial charge in [0.2, 0.25) is 0 Å². The molecular formula is C16H17N3O2S. The number of anilines is 2. The van der Waals surface area contributed by atoms with Gasteiger partial charge in [-0.15, -0.1) is 11.8 Å². The van der Waals surface area contributed by atoms with Gasteiger partial charge in [-0.1, -0.05) is 12.1 Å². The second kappa shape index (κ2) is 6.27. The maximum Gasteiger partial charge on any atom is 0.267 e. The Morgan fingerprint density at radius 3 is 2.86 bits per heavy atom. The van der Waals surface area contributed by atoms with Crippen molar-refractivity contribution in [2.24, 2.45) is 0 Å². The molecule has 0 saturated carbocycles. The number of nitrogens with zero attached hydrogens (tertiary/aromatic N) is 2. The third-order valence-corrected chi connectivity index (χ3v) is 4.43. The molecule has 0 aliphatic carbocycles. The van der Waals surface area contributed by atoms with E-state index in [9.17, 15) is 4.79 Å². The molecule has 1 N–H and O–H groups in total. The Bertz CT molecular complexity index is 673. The van der Waals surface area contributed by atoms with Crippen LogP contribution < -0.4 is 15.0 Å². The number of rotatable bonds is 3. The van der Waals surface area contributed by atoms with E-state index in [1.54, 1.807) is 24.0 Å². The molecule has 0 unspecified atom stereocenters. The van der Waals surface area contributed by atoms with Gasteiger partial charge in [0.05, 0.1) is 11.9 Å². The van der Waals surface area contributed by atoms with Gasteiger partial charge in [0, 0.05) is 24.7 Å². The Balaban J connectivity index is 1.65. The molecule has 3 rings (SSSR count). The molecule has 114 valence electrons. The number of aromatic nitrogens is 1. The van der Waals surface area contributed by atoms with Gasteiger partial charge in [0.25, 0.3) is 5.91 Å². The minimum Gasteiger partial charge on any atom is -0.479 e. The first kappa shape index (κ1) is 14.7. The first-order chi connectivity index (χ1) is 10.6. The molecule has 1 atom stereocenters. The van der Waals surface area contributed by atoms with Crippen molar-refractivity contribution in [2.75, 3.05) is 30.1 Å². The number of amides is 1. The van der Waals surface area contributed by atoms with Gasteiger partial charge in [-0.25, -0.2) is 4.98 Å². The molecule has 1 aromatic carbocycles. The second-order valence-corrected chi connectivity index (χ2v) is 6.21. The van der Waals surface area contributed by atoms with Crippen molar-refractivity contribution in [2.45, 2.75) is 11.0 Å². The van der Waals surface area contributed by atoms with Crippen LogP contribution in [0.15, 0.2) is 47.5 Å². The minimum atomic E-state index is -0.504. The normalized spacial score (nSPS) is 16.4. The topological polar surface area (TPSA) is 54.5 Å². The zero-order chi connectivity index (χ0) is 15.5. The van der Waals surface area contributed by atoms with Crippen molar-refractivity contribution in [3.63, 3.8) is 0 Å². The van der Waals surface area contributed by atoms with Gasteiger partial charge in [-0.2, -0.15) is 0 Å². The first-order valence-electron chi connectivity index (χ1n) is 6.96. The smallest absolute Gasteiger partial charge is 0.267 e. The van der Waals surface area contributed by atoms with Crippen LogP contribution in [0.4, 0.5) is 11.5 Å². The number of thioether (sulfide) groups is 1. The molecule has 1 aromatic heterocycles. The highest BCUT2D eigenvalue weighted by Gasteiger charge is 2.26. The van der Waals surface area contributed by atoms with Gasteiger partial charge in [-0.3, -0.25) is 4.79 Å². The predicted molar refractivity (Wildman–Crippen MR) is 88.8 cm³/mol. The van der Waals surface area contributed by atoms with Crippen LogP contribution in [0.5, 0.6) is 5.75 Å². The van der Waals surface area contributed by atoms with Gasteiger partial charge in [0.1, 0.15) is 11.6 Å². The molecule has 2 heterocycles. The third kappa shape index (κ3) is 3.17. The highest BCUT2D eigenvalue weighted by molar-refractivity contribution is 7.99. The quantitative estimate of drug-likeness (QED) is 0.943.